The van der Waals surface area contributed by atoms with Crippen LogP contribution in [0.3, 0.4) is 0 Å². The Bertz CT molecular complexity index is 567. The number of hydrogen-bond donors (Lipinski definition) is 1. The Kier molecular flexibility index (Phi) is 3.12. The van der Waals surface area contributed by atoms with E-state index in [1.807, 2.05) is 6.07 Å². The van der Waals surface area contributed by atoms with Gasteiger partial charge in [-0.3, -0.25) is 0 Å². The second-order valence-electron chi connectivity index (χ2n) is 4.51. The standard InChI is InChI=1S/C14H13BrFNO/c15-9-4-5-11(16)13(8-9)17-12-2-1-3-14-10(12)6-7-18-14/h4-8,12,17H,1-3H2. The Labute approximate surface area is 113 Å². The molecule has 1 aromatic heterocycles. The van der Waals surface area contributed by atoms with Gasteiger partial charge >= 0.3 is 0 Å². The summed E-state index contributed by atoms with van der Waals surface area (Å²) < 4.78 is 20.0. The van der Waals surface area contributed by atoms with E-state index in [9.17, 15) is 4.39 Å². The van der Waals surface area contributed by atoms with E-state index in [2.05, 4.69) is 21.2 Å². The zero-order chi connectivity index (χ0) is 12.5. The molecule has 2 aromatic rings. The van der Waals surface area contributed by atoms with E-state index in [1.165, 1.54) is 6.07 Å². The van der Waals surface area contributed by atoms with Crippen LogP contribution in [0.2, 0.25) is 0 Å². The molecule has 3 rings (SSSR count). The summed E-state index contributed by atoms with van der Waals surface area (Å²) in [7, 11) is 0. The van der Waals surface area contributed by atoms with Crippen molar-refractivity contribution in [3.63, 3.8) is 0 Å². The maximum absolute atomic E-state index is 13.7. The minimum Gasteiger partial charge on any atom is -0.469 e. The highest BCUT2D eigenvalue weighted by molar-refractivity contribution is 9.10. The van der Waals surface area contributed by atoms with Crippen molar-refractivity contribution >= 4 is 21.6 Å². The Morgan fingerprint density at radius 3 is 3.11 bits per heavy atom. The fraction of sp³-hybridized carbons (Fsp3) is 0.286. The summed E-state index contributed by atoms with van der Waals surface area (Å²) in [6.07, 6.45) is 4.75. The van der Waals surface area contributed by atoms with Gasteiger partial charge in [0.15, 0.2) is 0 Å². The highest BCUT2D eigenvalue weighted by Crippen LogP contribution is 2.34. The van der Waals surface area contributed by atoms with E-state index in [0.29, 0.717) is 5.69 Å². The van der Waals surface area contributed by atoms with Crippen LogP contribution >= 0.6 is 15.9 Å². The van der Waals surface area contributed by atoms with Gasteiger partial charge < -0.3 is 9.73 Å². The summed E-state index contributed by atoms with van der Waals surface area (Å²) in [5.41, 5.74) is 1.68. The van der Waals surface area contributed by atoms with Crippen LogP contribution in [0.25, 0.3) is 0 Å². The molecule has 0 amide bonds. The average Bonchev–Trinajstić information content (AvgIpc) is 2.83. The first-order valence-electron chi connectivity index (χ1n) is 6.02. The van der Waals surface area contributed by atoms with Gasteiger partial charge in [-0.05, 0) is 37.1 Å². The van der Waals surface area contributed by atoms with Crippen LogP contribution in [-0.2, 0) is 6.42 Å². The number of nitrogens with one attached hydrogen (secondary N) is 1. The number of rotatable bonds is 2. The van der Waals surface area contributed by atoms with Crippen LogP contribution in [0.4, 0.5) is 10.1 Å². The Morgan fingerprint density at radius 1 is 1.33 bits per heavy atom. The van der Waals surface area contributed by atoms with Crippen LogP contribution < -0.4 is 5.32 Å². The molecule has 0 radical (unpaired) electrons. The summed E-state index contributed by atoms with van der Waals surface area (Å²) in [6, 6.07) is 7.04. The molecule has 4 heteroatoms. The van der Waals surface area contributed by atoms with E-state index in [-0.39, 0.29) is 11.9 Å². The molecule has 1 atom stereocenters. The molecule has 94 valence electrons. The smallest absolute Gasteiger partial charge is 0.146 e. The molecule has 0 spiro atoms. The van der Waals surface area contributed by atoms with E-state index < -0.39 is 0 Å². The molecule has 0 bridgehead atoms. The maximum Gasteiger partial charge on any atom is 0.146 e. The van der Waals surface area contributed by atoms with Crippen molar-refractivity contribution in [1.82, 2.24) is 0 Å². The fourth-order valence-electron chi connectivity index (χ4n) is 2.43. The number of benzene rings is 1. The topological polar surface area (TPSA) is 25.2 Å². The zero-order valence-corrected chi connectivity index (χ0v) is 11.3. The summed E-state index contributed by atoms with van der Waals surface area (Å²) >= 11 is 3.36. The lowest BCUT2D eigenvalue weighted by Gasteiger charge is -2.24. The number of aryl methyl sites for hydroxylation is 1. The fourth-order valence-corrected chi connectivity index (χ4v) is 2.79. The number of fused-ring (bicyclic) bond motifs is 1. The second kappa shape index (κ2) is 4.76. The molecule has 18 heavy (non-hydrogen) atoms. The lowest BCUT2D eigenvalue weighted by atomic mass is 9.93. The van der Waals surface area contributed by atoms with Gasteiger partial charge in [-0.15, -0.1) is 0 Å². The van der Waals surface area contributed by atoms with Crippen LogP contribution in [-0.4, -0.2) is 0 Å². The van der Waals surface area contributed by atoms with Crippen molar-refractivity contribution in [3.8, 4) is 0 Å². The third kappa shape index (κ3) is 2.17. The van der Waals surface area contributed by atoms with Crippen LogP contribution in [0.15, 0.2) is 39.4 Å². The largest absolute Gasteiger partial charge is 0.469 e. The molecule has 1 unspecified atom stereocenters. The third-order valence-corrected chi connectivity index (χ3v) is 3.80. The van der Waals surface area contributed by atoms with Crippen LogP contribution in [0, 0.1) is 5.82 Å². The molecule has 1 aromatic carbocycles. The van der Waals surface area contributed by atoms with Gasteiger partial charge in [-0.25, -0.2) is 4.39 Å². The highest BCUT2D eigenvalue weighted by atomic mass is 79.9. The highest BCUT2D eigenvalue weighted by Gasteiger charge is 2.23. The summed E-state index contributed by atoms with van der Waals surface area (Å²) in [5.74, 6) is 0.794. The maximum atomic E-state index is 13.7. The normalized spacial score (nSPS) is 18.4. The predicted molar refractivity (Wildman–Crippen MR) is 72.1 cm³/mol. The Hall–Kier alpha value is -1.29. The van der Waals surface area contributed by atoms with Gasteiger partial charge in [0.25, 0.3) is 0 Å². The zero-order valence-electron chi connectivity index (χ0n) is 9.75. The van der Waals surface area contributed by atoms with Crippen LogP contribution in [0.5, 0.6) is 0 Å². The molecule has 0 aliphatic heterocycles. The van der Waals surface area contributed by atoms with Crippen molar-refractivity contribution in [2.24, 2.45) is 0 Å². The van der Waals surface area contributed by atoms with Crippen molar-refractivity contribution < 1.29 is 8.81 Å². The first-order valence-corrected chi connectivity index (χ1v) is 6.81. The van der Waals surface area contributed by atoms with Gasteiger partial charge in [0.2, 0.25) is 0 Å². The molecule has 1 aliphatic rings. The van der Waals surface area contributed by atoms with Gasteiger partial charge in [-0.2, -0.15) is 0 Å². The monoisotopic (exact) mass is 309 g/mol. The lowest BCUT2D eigenvalue weighted by Crippen LogP contribution is -2.16. The quantitative estimate of drug-likeness (QED) is 0.872. The summed E-state index contributed by atoms with van der Waals surface area (Å²) in [6.45, 7) is 0. The van der Waals surface area contributed by atoms with Crippen molar-refractivity contribution in [3.05, 3.63) is 52.1 Å². The Morgan fingerprint density at radius 2 is 2.22 bits per heavy atom. The number of furan rings is 1. The molecule has 1 N–H and O–H groups in total. The number of halogens is 2. The van der Waals surface area contributed by atoms with E-state index >= 15 is 0 Å². The van der Waals surface area contributed by atoms with Crippen LogP contribution in [0.1, 0.15) is 30.2 Å². The Balaban J connectivity index is 1.88. The van der Waals surface area contributed by atoms with E-state index in [1.54, 1.807) is 18.4 Å². The molecular weight excluding hydrogens is 297 g/mol. The molecule has 0 fully saturated rings. The second-order valence-corrected chi connectivity index (χ2v) is 5.43. The number of anilines is 1. The van der Waals surface area contributed by atoms with Crippen molar-refractivity contribution in [2.75, 3.05) is 5.32 Å². The van der Waals surface area contributed by atoms with Crippen molar-refractivity contribution in [1.29, 1.82) is 0 Å². The van der Waals surface area contributed by atoms with Gasteiger partial charge in [-0.1, -0.05) is 15.9 Å². The van der Waals surface area contributed by atoms with E-state index in [0.717, 1.165) is 35.1 Å². The SMILES string of the molecule is Fc1ccc(Br)cc1NC1CCCc2occc21. The molecule has 2 nitrogen and oxygen atoms in total. The average molecular weight is 310 g/mol. The number of hydrogen-bond acceptors (Lipinski definition) is 2. The lowest BCUT2D eigenvalue weighted by molar-refractivity contribution is 0.460. The minimum atomic E-state index is -0.228. The first kappa shape index (κ1) is 11.8. The minimum absolute atomic E-state index is 0.135. The third-order valence-electron chi connectivity index (χ3n) is 3.31. The molecule has 0 saturated heterocycles. The molecule has 0 saturated carbocycles. The van der Waals surface area contributed by atoms with E-state index in [4.69, 9.17) is 4.42 Å². The summed E-state index contributed by atoms with van der Waals surface area (Å²) in [4.78, 5) is 0. The summed E-state index contributed by atoms with van der Waals surface area (Å²) in [5, 5.41) is 3.27. The van der Waals surface area contributed by atoms with Crippen molar-refractivity contribution in [2.45, 2.75) is 25.3 Å². The van der Waals surface area contributed by atoms with Gasteiger partial charge in [0, 0.05) is 16.5 Å². The molecular formula is C14H13BrFNO. The van der Waals surface area contributed by atoms with Gasteiger partial charge in [0.1, 0.15) is 11.6 Å². The molecule has 1 aliphatic carbocycles. The first-order chi connectivity index (χ1) is 8.74. The predicted octanol–water partition coefficient (Wildman–Crippen LogP) is 4.67. The molecule has 1 heterocycles. The van der Waals surface area contributed by atoms with Gasteiger partial charge in [0.05, 0.1) is 18.0 Å².